The van der Waals surface area contributed by atoms with Crippen molar-refractivity contribution in [3.63, 3.8) is 0 Å². The number of nitriles is 1. The van der Waals surface area contributed by atoms with Gasteiger partial charge in [-0.2, -0.15) is 10.4 Å². The Hall–Kier alpha value is -2.25. The van der Waals surface area contributed by atoms with E-state index in [-0.39, 0.29) is 30.0 Å². The number of rotatable bonds is 4. The van der Waals surface area contributed by atoms with Gasteiger partial charge in [-0.25, -0.2) is 0 Å². The molecule has 124 valence electrons. The minimum absolute atomic E-state index is 0.0317. The lowest BCUT2D eigenvalue weighted by Crippen LogP contribution is -2.23. The first-order valence-corrected chi connectivity index (χ1v) is 8.13. The SMILES string of the molecule is Cc1cc(I)ccc1N=Nc1c(C)c(C#N)c(O)n(CCO)c1=O. The second-order valence-corrected chi connectivity index (χ2v) is 6.34. The molecule has 24 heavy (non-hydrogen) atoms. The predicted molar refractivity (Wildman–Crippen MR) is 97.0 cm³/mol. The first-order valence-electron chi connectivity index (χ1n) is 7.06. The van der Waals surface area contributed by atoms with Crippen LogP contribution in [0, 0.1) is 28.7 Å². The molecule has 0 spiro atoms. The maximum absolute atomic E-state index is 12.5. The lowest BCUT2D eigenvalue weighted by atomic mass is 10.1. The van der Waals surface area contributed by atoms with Gasteiger partial charge in [-0.05, 0) is 60.2 Å². The Bertz CT molecular complexity index is 913. The van der Waals surface area contributed by atoms with Gasteiger partial charge < -0.3 is 10.2 Å². The van der Waals surface area contributed by atoms with Crippen LogP contribution in [0.25, 0.3) is 0 Å². The van der Waals surface area contributed by atoms with Crippen molar-refractivity contribution in [3.8, 4) is 11.9 Å². The number of pyridine rings is 1. The highest BCUT2D eigenvalue weighted by Gasteiger charge is 2.18. The molecule has 0 aliphatic heterocycles. The largest absolute Gasteiger partial charge is 0.493 e. The summed E-state index contributed by atoms with van der Waals surface area (Å²) < 4.78 is 1.97. The Morgan fingerprint density at radius 1 is 1.33 bits per heavy atom. The van der Waals surface area contributed by atoms with Crippen LogP contribution in [0.15, 0.2) is 33.2 Å². The van der Waals surface area contributed by atoms with Gasteiger partial charge in [0.25, 0.3) is 5.56 Å². The summed E-state index contributed by atoms with van der Waals surface area (Å²) in [6.45, 7) is 2.92. The van der Waals surface area contributed by atoms with Crippen LogP contribution in [0.3, 0.4) is 0 Å². The Morgan fingerprint density at radius 2 is 2.04 bits per heavy atom. The number of benzene rings is 1. The van der Waals surface area contributed by atoms with Crippen LogP contribution in [0.1, 0.15) is 16.7 Å². The quantitative estimate of drug-likeness (QED) is 0.565. The maximum atomic E-state index is 12.5. The summed E-state index contributed by atoms with van der Waals surface area (Å²) in [4.78, 5) is 12.5. The summed E-state index contributed by atoms with van der Waals surface area (Å²) in [5.41, 5.74) is 1.06. The fourth-order valence-corrected chi connectivity index (χ4v) is 2.85. The summed E-state index contributed by atoms with van der Waals surface area (Å²) in [6.07, 6.45) is 0. The van der Waals surface area contributed by atoms with E-state index in [0.29, 0.717) is 5.69 Å². The third-order valence-corrected chi connectivity index (χ3v) is 4.18. The van der Waals surface area contributed by atoms with E-state index in [9.17, 15) is 15.2 Å². The number of aliphatic hydroxyl groups excluding tert-OH is 1. The molecule has 0 aliphatic rings. The van der Waals surface area contributed by atoms with Gasteiger partial charge in [0.05, 0.1) is 18.8 Å². The number of aliphatic hydroxyl groups is 1. The minimum atomic E-state index is -0.607. The van der Waals surface area contributed by atoms with Crippen molar-refractivity contribution in [2.24, 2.45) is 10.2 Å². The Labute approximate surface area is 152 Å². The third-order valence-electron chi connectivity index (χ3n) is 3.51. The molecule has 0 unspecified atom stereocenters. The second-order valence-electron chi connectivity index (χ2n) is 5.10. The van der Waals surface area contributed by atoms with Crippen LogP contribution in [0.4, 0.5) is 11.4 Å². The average molecular weight is 438 g/mol. The van der Waals surface area contributed by atoms with Gasteiger partial charge in [0.15, 0.2) is 5.69 Å². The van der Waals surface area contributed by atoms with Crippen molar-refractivity contribution in [1.82, 2.24) is 4.57 Å². The van der Waals surface area contributed by atoms with Crippen LogP contribution in [-0.4, -0.2) is 21.4 Å². The molecule has 1 aromatic heterocycles. The zero-order chi connectivity index (χ0) is 17.9. The molecular weight excluding hydrogens is 423 g/mol. The number of aromatic nitrogens is 1. The Balaban J connectivity index is 2.62. The van der Waals surface area contributed by atoms with E-state index in [4.69, 9.17) is 5.11 Å². The fraction of sp³-hybridized carbons (Fsp3) is 0.250. The zero-order valence-corrected chi connectivity index (χ0v) is 15.3. The van der Waals surface area contributed by atoms with Gasteiger partial charge in [0.1, 0.15) is 11.6 Å². The number of aryl methyl sites for hydroxylation is 1. The van der Waals surface area contributed by atoms with Crippen LogP contribution in [0.5, 0.6) is 5.88 Å². The van der Waals surface area contributed by atoms with Crippen LogP contribution >= 0.6 is 22.6 Å². The molecule has 0 amide bonds. The molecule has 1 aromatic carbocycles. The summed E-state index contributed by atoms with van der Waals surface area (Å²) in [7, 11) is 0. The molecule has 2 N–H and O–H groups in total. The second kappa shape index (κ2) is 7.55. The number of aromatic hydroxyl groups is 1. The van der Waals surface area contributed by atoms with Gasteiger partial charge in [-0.15, -0.1) is 5.11 Å². The molecule has 1 heterocycles. The van der Waals surface area contributed by atoms with E-state index in [0.717, 1.165) is 13.7 Å². The van der Waals surface area contributed by atoms with Crippen molar-refractivity contribution in [2.75, 3.05) is 6.61 Å². The first kappa shape index (κ1) is 18.1. The van der Waals surface area contributed by atoms with Crippen molar-refractivity contribution >= 4 is 34.0 Å². The molecule has 8 heteroatoms. The predicted octanol–water partition coefficient (Wildman–Crippen LogP) is 3.05. The molecule has 0 atom stereocenters. The van der Waals surface area contributed by atoms with Crippen LogP contribution < -0.4 is 5.56 Å². The lowest BCUT2D eigenvalue weighted by molar-refractivity contribution is 0.263. The molecule has 0 aliphatic carbocycles. The van der Waals surface area contributed by atoms with E-state index < -0.39 is 11.4 Å². The van der Waals surface area contributed by atoms with E-state index >= 15 is 0 Å². The van der Waals surface area contributed by atoms with Gasteiger partial charge in [0, 0.05) is 9.13 Å². The van der Waals surface area contributed by atoms with E-state index in [1.807, 2.05) is 25.1 Å². The van der Waals surface area contributed by atoms with E-state index in [1.165, 1.54) is 6.92 Å². The van der Waals surface area contributed by atoms with Gasteiger partial charge in [-0.3, -0.25) is 9.36 Å². The molecule has 0 saturated heterocycles. The van der Waals surface area contributed by atoms with E-state index in [2.05, 4.69) is 32.8 Å². The minimum Gasteiger partial charge on any atom is -0.493 e. The molecular formula is C16H15IN4O3. The number of halogens is 1. The summed E-state index contributed by atoms with van der Waals surface area (Å²) >= 11 is 2.19. The zero-order valence-electron chi connectivity index (χ0n) is 13.1. The first-order chi connectivity index (χ1) is 11.4. The molecule has 2 aromatic rings. The molecule has 0 saturated carbocycles. The summed E-state index contributed by atoms with van der Waals surface area (Å²) in [5, 5.41) is 36.4. The molecule has 2 rings (SSSR count). The number of hydrogen-bond donors (Lipinski definition) is 2. The topological polar surface area (TPSA) is 111 Å². The summed E-state index contributed by atoms with van der Waals surface area (Å²) in [5.74, 6) is -0.474. The monoisotopic (exact) mass is 438 g/mol. The van der Waals surface area contributed by atoms with E-state index in [1.54, 1.807) is 6.07 Å². The van der Waals surface area contributed by atoms with Crippen molar-refractivity contribution in [2.45, 2.75) is 20.4 Å². The lowest BCUT2D eigenvalue weighted by Gasteiger charge is -2.11. The normalized spacial score (nSPS) is 11.0. The van der Waals surface area contributed by atoms with Gasteiger partial charge in [0.2, 0.25) is 5.88 Å². The number of azo groups is 1. The summed E-state index contributed by atoms with van der Waals surface area (Å²) in [6, 6.07) is 7.44. The fourth-order valence-electron chi connectivity index (χ4n) is 2.20. The Morgan fingerprint density at radius 3 is 2.62 bits per heavy atom. The average Bonchev–Trinajstić information content (AvgIpc) is 2.53. The highest BCUT2D eigenvalue weighted by Crippen LogP contribution is 2.28. The van der Waals surface area contributed by atoms with Crippen LogP contribution in [-0.2, 0) is 6.54 Å². The van der Waals surface area contributed by atoms with Gasteiger partial charge in [-0.1, -0.05) is 0 Å². The Kier molecular flexibility index (Phi) is 5.69. The van der Waals surface area contributed by atoms with Crippen LogP contribution in [0.2, 0.25) is 0 Å². The molecule has 0 radical (unpaired) electrons. The van der Waals surface area contributed by atoms with Gasteiger partial charge >= 0.3 is 0 Å². The maximum Gasteiger partial charge on any atom is 0.281 e. The molecule has 7 nitrogen and oxygen atoms in total. The standard InChI is InChI=1S/C16H15IN4O3/c1-9-7-11(17)3-4-13(9)19-20-14-10(2)12(8-18)15(23)21(5-6-22)16(14)24/h3-4,7,22-23H,5-6H2,1-2H3. The van der Waals surface area contributed by atoms with Crippen molar-refractivity contribution in [1.29, 1.82) is 5.26 Å². The van der Waals surface area contributed by atoms with Crippen molar-refractivity contribution in [3.05, 3.63) is 48.8 Å². The number of hydrogen-bond acceptors (Lipinski definition) is 6. The number of nitrogens with zero attached hydrogens (tertiary/aromatic N) is 4. The molecule has 0 bridgehead atoms. The highest BCUT2D eigenvalue weighted by molar-refractivity contribution is 14.1. The smallest absolute Gasteiger partial charge is 0.281 e. The highest BCUT2D eigenvalue weighted by atomic mass is 127. The van der Waals surface area contributed by atoms with Crippen molar-refractivity contribution < 1.29 is 10.2 Å². The third kappa shape index (κ3) is 3.47. The molecule has 0 fully saturated rings.